The molecule has 0 unspecified atom stereocenters. The van der Waals surface area contributed by atoms with Crippen molar-refractivity contribution in [2.75, 3.05) is 19.1 Å². The van der Waals surface area contributed by atoms with Crippen LogP contribution in [0.1, 0.15) is 0 Å². The Labute approximate surface area is 91.7 Å². The summed E-state index contributed by atoms with van der Waals surface area (Å²) in [6.07, 6.45) is 1.50. The van der Waals surface area contributed by atoms with Crippen molar-refractivity contribution in [1.29, 1.82) is 0 Å². The maximum atomic E-state index is 11.9. The summed E-state index contributed by atoms with van der Waals surface area (Å²) in [7, 11) is 3.55. The molecule has 2 rings (SSSR count). The molecule has 0 aliphatic rings. The van der Waals surface area contributed by atoms with Crippen molar-refractivity contribution in [2.24, 2.45) is 0 Å². The third-order valence-electron chi connectivity index (χ3n) is 2.13. The van der Waals surface area contributed by atoms with E-state index in [1.54, 1.807) is 37.3 Å². The molecule has 5 heteroatoms. The summed E-state index contributed by atoms with van der Waals surface area (Å²) in [5.74, 6) is 0. The molecule has 0 N–H and O–H groups in total. The molecule has 0 aliphatic heterocycles. The SMILES string of the molecule is CN(C)n1cnc2ccc(Cl)cc2c1=O. The Balaban J connectivity index is 2.83. The molecule has 0 spiro atoms. The average Bonchev–Trinajstić information content (AvgIpc) is 2.19. The lowest BCUT2D eigenvalue weighted by atomic mass is 10.2. The molecule has 1 aromatic heterocycles. The van der Waals surface area contributed by atoms with Crippen LogP contribution >= 0.6 is 11.6 Å². The van der Waals surface area contributed by atoms with Crippen molar-refractivity contribution >= 4 is 22.5 Å². The van der Waals surface area contributed by atoms with Crippen LogP contribution in [0.15, 0.2) is 29.3 Å². The monoisotopic (exact) mass is 223 g/mol. The summed E-state index contributed by atoms with van der Waals surface area (Å²) >= 11 is 5.83. The Bertz CT molecular complexity index is 562. The second kappa shape index (κ2) is 3.55. The second-order valence-corrected chi connectivity index (χ2v) is 3.84. The van der Waals surface area contributed by atoms with E-state index in [-0.39, 0.29) is 5.56 Å². The molecule has 1 heterocycles. The van der Waals surface area contributed by atoms with Crippen LogP contribution in [0.5, 0.6) is 0 Å². The first-order valence-electron chi connectivity index (χ1n) is 4.44. The first-order chi connectivity index (χ1) is 7.09. The highest BCUT2D eigenvalue weighted by Gasteiger charge is 2.05. The molecule has 78 valence electrons. The van der Waals surface area contributed by atoms with Crippen LogP contribution in [0.4, 0.5) is 0 Å². The highest BCUT2D eigenvalue weighted by molar-refractivity contribution is 6.31. The van der Waals surface area contributed by atoms with Gasteiger partial charge in [-0.05, 0) is 18.2 Å². The molecular weight excluding hydrogens is 214 g/mol. The topological polar surface area (TPSA) is 38.1 Å². The van der Waals surface area contributed by atoms with Gasteiger partial charge >= 0.3 is 0 Å². The first-order valence-corrected chi connectivity index (χ1v) is 4.82. The molecular formula is C10H10ClN3O. The summed E-state index contributed by atoms with van der Waals surface area (Å²) in [6, 6.07) is 5.08. The molecule has 15 heavy (non-hydrogen) atoms. The zero-order valence-electron chi connectivity index (χ0n) is 8.44. The van der Waals surface area contributed by atoms with E-state index < -0.39 is 0 Å². The fourth-order valence-corrected chi connectivity index (χ4v) is 1.54. The summed E-state index contributed by atoms with van der Waals surface area (Å²) < 4.78 is 1.43. The van der Waals surface area contributed by atoms with Crippen molar-refractivity contribution in [2.45, 2.75) is 0 Å². The van der Waals surface area contributed by atoms with Crippen LogP contribution < -0.4 is 10.6 Å². The van der Waals surface area contributed by atoms with E-state index in [4.69, 9.17) is 11.6 Å². The fourth-order valence-electron chi connectivity index (χ4n) is 1.37. The van der Waals surface area contributed by atoms with Gasteiger partial charge in [0.1, 0.15) is 6.33 Å². The van der Waals surface area contributed by atoms with Gasteiger partial charge in [-0.25, -0.2) is 9.66 Å². The van der Waals surface area contributed by atoms with Gasteiger partial charge in [0, 0.05) is 19.1 Å². The molecule has 0 saturated carbocycles. The molecule has 0 fully saturated rings. The highest BCUT2D eigenvalue weighted by atomic mass is 35.5. The molecule has 4 nitrogen and oxygen atoms in total. The van der Waals surface area contributed by atoms with E-state index in [9.17, 15) is 4.79 Å². The van der Waals surface area contributed by atoms with Crippen LogP contribution in [0.25, 0.3) is 10.9 Å². The number of benzene rings is 1. The van der Waals surface area contributed by atoms with E-state index in [0.29, 0.717) is 15.9 Å². The van der Waals surface area contributed by atoms with E-state index >= 15 is 0 Å². The zero-order chi connectivity index (χ0) is 11.0. The van der Waals surface area contributed by atoms with Gasteiger partial charge in [0.15, 0.2) is 0 Å². The lowest BCUT2D eigenvalue weighted by Gasteiger charge is -2.14. The van der Waals surface area contributed by atoms with Crippen LogP contribution in [0, 0.1) is 0 Å². The summed E-state index contributed by atoms with van der Waals surface area (Å²) in [4.78, 5) is 16.1. The van der Waals surface area contributed by atoms with Crippen LogP contribution in [-0.2, 0) is 0 Å². The Hall–Kier alpha value is -1.55. The quantitative estimate of drug-likeness (QED) is 0.730. The van der Waals surface area contributed by atoms with Crippen molar-refractivity contribution in [3.05, 3.63) is 39.9 Å². The molecule has 0 amide bonds. The standard InChI is InChI=1S/C10H10ClN3O/c1-13(2)14-6-12-9-4-3-7(11)5-8(9)10(14)15/h3-6H,1-2H3. The molecule has 0 bridgehead atoms. The lowest BCUT2D eigenvalue weighted by molar-refractivity contribution is 0.691. The minimum absolute atomic E-state index is 0.118. The van der Waals surface area contributed by atoms with Crippen molar-refractivity contribution in [3.63, 3.8) is 0 Å². The molecule has 0 radical (unpaired) electrons. The van der Waals surface area contributed by atoms with Gasteiger partial charge in [-0.3, -0.25) is 4.79 Å². The predicted molar refractivity (Wildman–Crippen MR) is 61.1 cm³/mol. The summed E-state index contributed by atoms with van der Waals surface area (Å²) in [5.41, 5.74) is 0.537. The molecule has 0 atom stereocenters. The molecule has 0 aliphatic carbocycles. The number of hydrogen-bond donors (Lipinski definition) is 0. The highest BCUT2D eigenvalue weighted by Crippen LogP contribution is 2.13. The summed E-state index contributed by atoms with van der Waals surface area (Å²) in [5, 5.41) is 2.73. The van der Waals surface area contributed by atoms with Crippen molar-refractivity contribution in [3.8, 4) is 0 Å². The van der Waals surface area contributed by atoms with Gasteiger partial charge in [0.05, 0.1) is 10.9 Å². The Kier molecular flexibility index (Phi) is 2.36. The molecule has 1 aromatic carbocycles. The summed E-state index contributed by atoms with van der Waals surface area (Å²) in [6.45, 7) is 0. The maximum absolute atomic E-state index is 11.9. The first kappa shape index (κ1) is 9.98. The third kappa shape index (κ3) is 1.68. The van der Waals surface area contributed by atoms with Crippen LogP contribution in [0.3, 0.4) is 0 Å². The number of nitrogens with zero attached hydrogens (tertiary/aromatic N) is 3. The number of hydrogen-bond acceptors (Lipinski definition) is 3. The van der Waals surface area contributed by atoms with Crippen molar-refractivity contribution < 1.29 is 0 Å². The Morgan fingerprint density at radius 3 is 2.80 bits per heavy atom. The minimum Gasteiger partial charge on any atom is -0.315 e. The van der Waals surface area contributed by atoms with Gasteiger partial charge in [-0.2, -0.15) is 0 Å². The van der Waals surface area contributed by atoms with Crippen LogP contribution in [0.2, 0.25) is 5.02 Å². The average molecular weight is 224 g/mol. The zero-order valence-corrected chi connectivity index (χ0v) is 9.19. The largest absolute Gasteiger partial charge is 0.315 e. The molecule has 0 saturated heterocycles. The van der Waals surface area contributed by atoms with E-state index in [1.165, 1.54) is 11.0 Å². The van der Waals surface area contributed by atoms with E-state index in [0.717, 1.165) is 0 Å². The Morgan fingerprint density at radius 1 is 1.40 bits per heavy atom. The number of rotatable bonds is 1. The van der Waals surface area contributed by atoms with E-state index in [1.807, 2.05) is 0 Å². The smallest absolute Gasteiger partial charge is 0.279 e. The van der Waals surface area contributed by atoms with Gasteiger partial charge in [-0.15, -0.1) is 0 Å². The van der Waals surface area contributed by atoms with Crippen molar-refractivity contribution in [1.82, 2.24) is 9.66 Å². The van der Waals surface area contributed by atoms with Gasteiger partial charge in [-0.1, -0.05) is 11.6 Å². The predicted octanol–water partition coefficient (Wildman–Crippen LogP) is 1.25. The normalized spacial score (nSPS) is 10.6. The Morgan fingerprint density at radius 2 is 2.13 bits per heavy atom. The maximum Gasteiger partial charge on any atom is 0.279 e. The van der Waals surface area contributed by atoms with Gasteiger partial charge in [0.25, 0.3) is 5.56 Å². The van der Waals surface area contributed by atoms with Gasteiger partial charge < -0.3 is 5.01 Å². The number of aromatic nitrogens is 2. The van der Waals surface area contributed by atoms with Gasteiger partial charge in [0.2, 0.25) is 0 Å². The van der Waals surface area contributed by atoms with E-state index in [2.05, 4.69) is 4.98 Å². The minimum atomic E-state index is -0.118. The number of fused-ring (bicyclic) bond motifs is 1. The molecule has 2 aromatic rings. The lowest BCUT2D eigenvalue weighted by Crippen LogP contribution is -2.35. The second-order valence-electron chi connectivity index (χ2n) is 3.40. The number of halogens is 1. The fraction of sp³-hybridized carbons (Fsp3) is 0.200. The third-order valence-corrected chi connectivity index (χ3v) is 2.37. The van der Waals surface area contributed by atoms with Crippen LogP contribution in [-0.4, -0.2) is 23.8 Å².